The molecule has 4 heteroatoms. The van der Waals surface area contributed by atoms with Gasteiger partial charge in [-0.15, -0.1) is 0 Å². The van der Waals surface area contributed by atoms with Crippen LogP contribution in [0.4, 0.5) is 0 Å². The third-order valence-electron chi connectivity index (χ3n) is 2.15. The Morgan fingerprint density at radius 3 is 2.87 bits per heavy atom. The first-order valence-electron chi connectivity index (χ1n) is 5.48. The van der Waals surface area contributed by atoms with Crippen LogP contribution in [0.3, 0.4) is 0 Å². The Morgan fingerprint density at radius 2 is 2.13 bits per heavy atom. The molecule has 86 valence electrons. The lowest BCUT2D eigenvalue weighted by atomic mass is 10.5. The predicted octanol–water partition coefficient (Wildman–Crippen LogP) is 0.849. The van der Waals surface area contributed by atoms with E-state index < -0.39 is 0 Å². The van der Waals surface area contributed by atoms with Gasteiger partial charge in [0.25, 0.3) is 0 Å². The van der Waals surface area contributed by atoms with Crippen molar-refractivity contribution < 1.29 is 14.0 Å². The molecule has 0 bridgehead atoms. The molecule has 0 N–H and O–H groups in total. The molecule has 1 heterocycles. The van der Waals surface area contributed by atoms with Crippen molar-refractivity contribution >= 4 is 0 Å². The summed E-state index contributed by atoms with van der Waals surface area (Å²) in [7, 11) is 1.68. The van der Waals surface area contributed by atoms with E-state index in [4.69, 9.17) is 9.47 Å². The van der Waals surface area contributed by atoms with Gasteiger partial charge in [0.2, 0.25) is 6.33 Å². The van der Waals surface area contributed by atoms with Gasteiger partial charge in [-0.3, -0.25) is 0 Å². The maximum atomic E-state index is 5.39. The summed E-state index contributed by atoms with van der Waals surface area (Å²) in [4.78, 5) is 0. The summed E-state index contributed by atoms with van der Waals surface area (Å²) in [6, 6.07) is 0. The smallest absolute Gasteiger partial charge is 0.243 e. The van der Waals surface area contributed by atoms with Gasteiger partial charge in [-0.2, -0.15) is 0 Å². The molecule has 4 nitrogen and oxygen atoms in total. The van der Waals surface area contributed by atoms with Crippen molar-refractivity contribution in [3.8, 4) is 0 Å². The zero-order chi connectivity index (χ0) is 10.9. The molecule has 1 aromatic heterocycles. The molecule has 0 unspecified atom stereocenters. The zero-order valence-electron chi connectivity index (χ0n) is 9.69. The Hall–Kier alpha value is -0.870. The molecule has 0 fully saturated rings. The average Bonchev–Trinajstić information content (AvgIpc) is 2.66. The van der Waals surface area contributed by atoms with Crippen LogP contribution in [-0.2, 0) is 22.6 Å². The van der Waals surface area contributed by atoms with Crippen molar-refractivity contribution in [1.82, 2.24) is 4.57 Å². The molecule has 0 aliphatic heterocycles. The van der Waals surface area contributed by atoms with Crippen molar-refractivity contribution in [3.05, 3.63) is 18.7 Å². The number of aryl methyl sites for hydroxylation is 1. The van der Waals surface area contributed by atoms with E-state index in [0.717, 1.165) is 19.7 Å². The molecule has 1 aromatic rings. The van der Waals surface area contributed by atoms with E-state index in [9.17, 15) is 0 Å². The predicted molar refractivity (Wildman–Crippen MR) is 57.6 cm³/mol. The molecule has 1 rings (SSSR count). The largest absolute Gasteiger partial charge is 0.382 e. The number of nitrogens with zero attached hydrogens (tertiary/aromatic N) is 2. The highest BCUT2D eigenvalue weighted by molar-refractivity contribution is 4.65. The third-order valence-corrected chi connectivity index (χ3v) is 2.15. The van der Waals surface area contributed by atoms with Gasteiger partial charge >= 0.3 is 0 Å². The Bertz CT molecular complexity index is 261. The van der Waals surface area contributed by atoms with Crippen LogP contribution in [0.25, 0.3) is 0 Å². The van der Waals surface area contributed by atoms with Crippen LogP contribution in [0.15, 0.2) is 18.7 Å². The van der Waals surface area contributed by atoms with Crippen molar-refractivity contribution in [2.24, 2.45) is 0 Å². The lowest BCUT2D eigenvalue weighted by Crippen LogP contribution is -2.30. The summed E-state index contributed by atoms with van der Waals surface area (Å²) < 4.78 is 14.6. The SMILES string of the molecule is CCC[n+]1ccn(CCOCCOC)c1. The molecule has 0 saturated carbocycles. The highest BCUT2D eigenvalue weighted by atomic mass is 16.5. The number of imidazole rings is 1. The molecule has 0 aliphatic carbocycles. The monoisotopic (exact) mass is 213 g/mol. The van der Waals surface area contributed by atoms with Gasteiger partial charge in [0, 0.05) is 7.11 Å². The second-order valence-corrected chi connectivity index (χ2v) is 3.49. The maximum Gasteiger partial charge on any atom is 0.243 e. The molecule has 0 aromatic carbocycles. The second-order valence-electron chi connectivity index (χ2n) is 3.49. The highest BCUT2D eigenvalue weighted by Crippen LogP contribution is 1.87. The van der Waals surface area contributed by atoms with Gasteiger partial charge in [-0.25, -0.2) is 9.13 Å². The summed E-state index contributed by atoms with van der Waals surface area (Å²) in [5.41, 5.74) is 0. The van der Waals surface area contributed by atoms with E-state index >= 15 is 0 Å². The molecule has 0 radical (unpaired) electrons. The van der Waals surface area contributed by atoms with Crippen LogP contribution in [0, 0.1) is 0 Å². The van der Waals surface area contributed by atoms with E-state index in [2.05, 4.69) is 34.8 Å². The molecule has 0 spiro atoms. The fourth-order valence-corrected chi connectivity index (χ4v) is 1.38. The summed E-state index contributed by atoms with van der Waals surface area (Å²) in [5.74, 6) is 0. The minimum atomic E-state index is 0.668. The molecule has 0 amide bonds. The maximum absolute atomic E-state index is 5.39. The topological polar surface area (TPSA) is 27.3 Å². The summed E-state index contributed by atoms with van der Waals surface area (Å²) >= 11 is 0. The number of aromatic nitrogens is 2. The van der Waals surface area contributed by atoms with Crippen molar-refractivity contribution in [3.63, 3.8) is 0 Å². The van der Waals surface area contributed by atoms with Crippen LogP contribution in [0.1, 0.15) is 13.3 Å². The Labute approximate surface area is 91.4 Å². The lowest BCUT2D eigenvalue weighted by Gasteiger charge is -2.00. The molecule has 0 saturated heterocycles. The van der Waals surface area contributed by atoms with Crippen molar-refractivity contribution in [1.29, 1.82) is 0 Å². The first kappa shape index (κ1) is 12.2. The fourth-order valence-electron chi connectivity index (χ4n) is 1.38. The lowest BCUT2D eigenvalue weighted by molar-refractivity contribution is -0.696. The number of methoxy groups -OCH3 is 1. The summed E-state index contributed by atoms with van der Waals surface area (Å²) in [6.07, 6.45) is 7.45. The van der Waals surface area contributed by atoms with Gasteiger partial charge in [0.05, 0.1) is 26.4 Å². The van der Waals surface area contributed by atoms with E-state index in [1.54, 1.807) is 7.11 Å². The molecule has 0 atom stereocenters. The second kappa shape index (κ2) is 7.43. The van der Waals surface area contributed by atoms with Crippen LogP contribution >= 0.6 is 0 Å². The first-order chi connectivity index (χ1) is 7.36. The third kappa shape index (κ3) is 4.95. The average molecular weight is 213 g/mol. The van der Waals surface area contributed by atoms with E-state index in [0.29, 0.717) is 13.2 Å². The van der Waals surface area contributed by atoms with Gasteiger partial charge in [0.15, 0.2) is 0 Å². The Balaban J connectivity index is 2.14. The van der Waals surface area contributed by atoms with Gasteiger partial charge in [-0.05, 0) is 6.42 Å². The minimum absolute atomic E-state index is 0.668. The van der Waals surface area contributed by atoms with Gasteiger partial charge < -0.3 is 9.47 Å². The van der Waals surface area contributed by atoms with Crippen molar-refractivity contribution in [2.45, 2.75) is 26.4 Å². The number of rotatable bonds is 8. The number of hydrogen-bond acceptors (Lipinski definition) is 2. The molecular formula is C11H21N2O2+. The van der Waals surface area contributed by atoms with E-state index in [1.807, 2.05) is 0 Å². The number of hydrogen-bond donors (Lipinski definition) is 0. The van der Waals surface area contributed by atoms with Crippen LogP contribution in [0.2, 0.25) is 0 Å². The van der Waals surface area contributed by atoms with Gasteiger partial charge in [0.1, 0.15) is 18.9 Å². The van der Waals surface area contributed by atoms with Crippen LogP contribution < -0.4 is 4.57 Å². The number of ether oxygens (including phenoxy) is 2. The highest BCUT2D eigenvalue weighted by Gasteiger charge is 2.01. The van der Waals surface area contributed by atoms with Crippen molar-refractivity contribution in [2.75, 3.05) is 26.9 Å². The van der Waals surface area contributed by atoms with Crippen LogP contribution in [0.5, 0.6) is 0 Å². The first-order valence-corrected chi connectivity index (χ1v) is 5.48. The molecule has 0 aliphatic rings. The normalized spacial score (nSPS) is 10.8. The standard InChI is InChI=1S/C11H21N2O2/c1-3-4-12-5-6-13(11-12)7-8-15-10-9-14-2/h5-6,11H,3-4,7-10H2,1-2H3/q+1. The Kier molecular flexibility index (Phi) is 6.04. The van der Waals surface area contributed by atoms with E-state index in [1.165, 1.54) is 6.42 Å². The minimum Gasteiger partial charge on any atom is -0.382 e. The Morgan fingerprint density at radius 1 is 1.27 bits per heavy atom. The fraction of sp³-hybridized carbons (Fsp3) is 0.727. The molecule has 15 heavy (non-hydrogen) atoms. The quantitative estimate of drug-likeness (QED) is 0.473. The summed E-state index contributed by atoms with van der Waals surface area (Å²) in [6.45, 7) is 6.24. The van der Waals surface area contributed by atoms with Crippen LogP contribution in [-0.4, -0.2) is 31.5 Å². The summed E-state index contributed by atoms with van der Waals surface area (Å²) in [5, 5.41) is 0. The molecular weight excluding hydrogens is 192 g/mol. The van der Waals surface area contributed by atoms with Gasteiger partial charge in [-0.1, -0.05) is 6.92 Å². The zero-order valence-corrected chi connectivity index (χ0v) is 9.69. The van der Waals surface area contributed by atoms with E-state index in [-0.39, 0.29) is 0 Å².